The molecule has 0 bridgehead atoms. The zero-order chi connectivity index (χ0) is 16.3. The third kappa shape index (κ3) is 4.47. The van der Waals surface area contributed by atoms with Gasteiger partial charge in [0.1, 0.15) is 0 Å². The summed E-state index contributed by atoms with van der Waals surface area (Å²) in [5.41, 5.74) is 1.67. The predicted octanol–water partition coefficient (Wildman–Crippen LogP) is 3.39. The van der Waals surface area contributed by atoms with Gasteiger partial charge in [-0.05, 0) is 43.4 Å². The number of amides is 2. The minimum Gasteiger partial charge on any atom is -0.356 e. The standard InChI is InChI=1S/C17H23ClN2O2/c1-10(2)6-7-19-16(21)13-9-14(13)17(22)20-15-8-12(18)5-4-11(15)3/h4-5,8,10,13-14H,6-7,9H2,1-3H3,(H,19,21)(H,20,22). The average molecular weight is 323 g/mol. The summed E-state index contributed by atoms with van der Waals surface area (Å²) in [5.74, 6) is 0.0338. The lowest BCUT2D eigenvalue weighted by Gasteiger charge is -2.09. The molecule has 2 rings (SSSR count). The summed E-state index contributed by atoms with van der Waals surface area (Å²) in [5, 5.41) is 6.36. The van der Waals surface area contributed by atoms with Crippen molar-refractivity contribution in [1.29, 1.82) is 0 Å². The number of aryl methyl sites for hydroxylation is 1. The first-order chi connectivity index (χ1) is 10.4. The second kappa shape index (κ2) is 7.14. The van der Waals surface area contributed by atoms with Crippen molar-refractivity contribution in [3.63, 3.8) is 0 Å². The normalized spacial score (nSPS) is 19.9. The molecule has 2 atom stereocenters. The van der Waals surface area contributed by atoms with Crippen molar-refractivity contribution < 1.29 is 9.59 Å². The highest BCUT2D eigenvalue weighted by molar-refractivity contribution is 6.31. The summed E-state index contributed by atoms with van der Waals surface area (Å²) in [4.78, 5) is 24.2. The van der Waals surface area contributed by atoms with Gasteiger partial charge in [-0.2, -0.15) is 0 Å². The van der Waals surface area contributed by atoms with Crippen LogP contribution in [0.2, 0.25) is 5.02 Å². The number of carbonyl (C=O) groups excluding carboxylic acids is 2. The zero-order valence-corrected chi connectivity index (χ0v) is 14.0. The molecule has 0 aromatic heterocycles. The van der Waals surface area contributed by atoms with Gasteiger partial charge in [0.05, 0.1) is 11.8 Å². The monoisotopic (exact) mass is 322 g/mol. The molecule has 1 aliphatic carbocycles. The van der Waals surface area contributed by atoms with E-state index in [4.69, 9.17) is 11.6 Å². The number of nitrogens with one attached hydrogen (secondary N) is 2. The van der Waals surface area contributed by atoms with Gasteiger partial charge in [-0.25, -0.2) is 0 Å². The van der Waals surface area contributed by atoms with Crippen LogP contribution in [0.4, 0.5) is 5.69 Å². The van der Waals surface area contributed by atoms with Gasteiger partial charge in [0.15, 0.2) is 0 Å². The smallest absolute Gasteiger partial charge is 0.228 e. The topological polar surface area (TPSA) is 58.2 Å². The maximum atomic E-state index is 12.2. The molecule has 1 aliphatic rings. The van der Waals surface area contributed by atoms with Crippen LogP contribution in [-0.4, -0.2) is 18.4 Å². The van der Waals surface area contributed by atoms with E-state index in [1.807, 2.05) is 13.0 Å². The molecule has 1 saturated carbocycles. The molecule has 1 aromatic rings. The third-order valence-corrected chi connectivity index (χ3v) is 4.18. The number of hydrogen-bond acceptors (Lipinski definition) is 2. The lowest BCUT2D eigenvalue weighted by atomic mass is 10.1. The van der Waals surface area contributed by atoms with Crippen molar-refractivity contribution >= 4 is 29.1 Å². The number of rotatable bonds is 6. The highest BCUT2D eigenvalue weighted by Crippen LogP contribution is 2.39. The largest absolute Gasteiger partial charge is 0.356 e. The van der Waals surface area contributed by atoms with E-state index in [0.717, 1.165) is 12.0 Å². The average Bonchev–Trinajstić information content (AvgIpc) is 3.23. The van der Waals surface area contributed by atoms with Crippen LogP contribution in [0.3, 0.4) is 0 Å². The Labute approximate surface area is 136 Å². The van der Waals surface area contributed by atoms with Gasteiger partial charge in [-0.15, -0.1) is 0 Å². The number of carbonyl (C=O) groups is 2. The van der Waals surface area contributed by atoms with Gasteiger partial charge in [-0.3, -0.25) is 9.59 Å². The van der Waals surface area contributed by atoms with Gasteiger partial charge in [-0.1, -0.05) is 31.5 Å². The van der Waals surface area contributed by atoms with Crippen LogP contribution in [0, 0.1) is 24.7 Å². The Bertz CT molecular complexity index is 572. The number of hydrogen-bond donors (Lipinski definition) is 2. The van der Waals surface area contributed by atoms with E-state index >= 15 is 0 Å². The summed E-state index contributed by atoms with van der Waals surface area (Å²) < 4.78 is 0. The molecule has 0 spiro atoms. The van der Waals surface area contributed by atoms with E-state index in [1.165, 1.54) is 0 Å². The van der Waals surface area contributed by atoms with Gasteiger partial charge >= 0.3 is 0 Å². The molecular formula is C17H23ClN2O2. The molecule has 2 N–H and O–H groups in total. The van der Waals surface area contributed by atoms with Gasteiger partial charge in [0.2, 0.25) is 11.8 Å². The molecular weight excluding hydrogens is 300 g/mol. The zero-order valence-electron chi connectivity index (χ0n) is 13.3. The van der Waals surface area contributed by atoms with E-state index in [9.17, 15) is 9.59 Å². The lowest BCUT2D eigenvalue weighted by Crippen LogP contribution is -2.28. The number of anilines is 1. The quantitative estimate of drug-likeness (QED) is 0.843. The fourth-order valence-electron chi connectivity index (χ4n) is 2.34. The van der Waals surface area contributed by atoms with Crippen molar-refractivity contribution in [3.05, 3.63) is 28.8 Å². The van der Waals surface area contributed by atoms with Crippen LogP contribution in [0.5, 0.6) is 0 Å². The number of benzene rings is 1. The SMILES string of the molecule is Cc1ccc(Cl)cc1NC(=O)C1CC1C(=O)NCCC(C)C. The molecule has 4 nitrogen and oxygen atoms in total. The maximum Gasteiger partial charge on any atom is 0.228 e. The molecule has 5 heteroatoms. The van der Waals surface area contributed by atoms with E-state index < -0.39 is 0 Å². The maximum absolute atomic E-state index is 12.2. The van der Waals surface area contributed by atoms with Gasteiger partial charge < -0.3 is 10.6 Å². The summed E-state index contributed by atoms with van der Waals surface area (Å²) in [6.45, 7) is 6.82. The van der Waals surface area contributed by atoms with Crippen molar-refractivity contribution in [2.45, 2.75) is 33.6 Å². The van der Waals surface area contributed by atoms with Crippen molar-refractivity contribution in [1.82, 2.24) is 5.32 Å². The van der Waals surface area contributed by atoms with Crippen LogP contribution in [-0.2, 0) is 9.59 Å². The van der Waals surface area contributed by atoms with Crippen LogP contribution in [0.15, 0.2) is 18.2 Å². The summed E-state index contributed by atoms with van der Waals surface area (Å²) >= 11 is 5.94. The Balaban J connectivity index is 1.83. The van der Waals surface area contributed by atoms with Crippen LogP contribution < -0.4 is 10.6 Å². The summed E-state index contributed by atoms with van der Waals surface area (Å²) in [6, 6.07) is 5.38. The van der Waals surface area contributed by atoms with E-state index in [-0.39, 0.29) is 23.7 Å². The molecule has 0 heterocycles. The van der Waals surface area contributed by atoms with Crippen molar-refractivity contribution in [2.24, 2.45) is 17.8 Å². The Morgan fingerprint density at radius 3 is 2.64 bits per heavy atom. The Kier molecular flexibility index (Phi) is 5.46. The molecule has 120 valence electrons. The lowest BCUT2D eigenvalue weighted by molar-refractivity contribution is -0.125. The first-order valence-corrected chi connectivity index (χ1v) is 8.11. The second-order valence-electron chi connectivity index (χ2n) is 6.37. The van der Waals surface area contributed by atoms with Crippen LogP contribution in [0.1, 0.15) is 32.3 Å². The predicted molar refractivity (Wildman–Crippen MR) is 88.9 cm³/mol. The second-order valence-corrected chi connectivity index (χ2v) is 6.81. The number of halogens is 1. The molecule has 0 radical (unpaired) electrons. The molecule has 2 amide bonds. The Morgan fingerprint density at radius 1 is 1.27 bits per heavy atom. The Morgan fingerprint density at radius 2 is 1.95 bits per heavy atom. The van der Waals surface area contributed by atoms with Crippen molar-refractivity contribution in [3.8, 4) is 0 Å². The first-order valence-electron chi connectivity index (χ1n) is 7.73. The highest BCUT2D eigenvalue weighted by Gasteiger charge is 2.47. The molecule has 2 unspecified atom stereocenters. The minimum atomic E-state index is -0.225. The van der Waals surface area contributed by atoms with E-state index in [2.05, 4.69) is 24.5 Å². The van der Waals surface area contributed by atoms with Crippen molar-refractivity contribution in [2.75, 3.05) is 11.9 Å². The Hall–Kier alpha value is -1.55. The third-order valence-electron chi connectivity index (χ3n) is 3.94. The molecule has 0 aliphatic heterocycles. The summed E-state index contributed by atoms with van der Waals surface area (Å²) in [6.07, 6.45) is 1.58. The molecule has 1 fully saturated rings. The molecule has 0 saturated heterocycles. The molecule has 1 aromatic carbocycles. The fourth-order valence-corrected chi connectivity index (χ4v) is 2.52. The van der Waals surface area contributed by atoms with Crippen LogP contribution >= 0.6 is 11.6 Å². The first kappa shape index (κ1) is 16.8. The highest BCUT2D eigenvalue weighted by atomic mass is 35.5. The van der Waals surface area contributed by atoms with Crippen LogP contribution in [0.25, 0.3) is 0 Å². The molecule has 22 heavy (non-hydrogen) atoms. The van der Waals surface area contributed by atoms with Gasteiger partial charge in [0.25, 0.3) is 0 Å². The summed E-state index contributed by atoms with van der Waals surface area (Å²) in [7, 11) is 0. The van der Waals surface area contributed by atoms with E-state index in [0.29, 0.717) is 29.6 Å². The van der Waals surface area contributed by atoms with Gasteiger partial charge in [0, 0.05) is 17.3 Å². The van der Waals surface area contributed by atoms with E-state index in [1.54, 1.807) is 12.1 Å². The fraction of sp³-hybridized carbons (Fsp3) is 0.529. The minimum absolute atomic E-state index is 0.0105.